The fourth-order valence-corrected chi connectivity index (χ4v) is 4.63. The number of hydrogen-bond acceptors (Lipinski definition) is 7. The van der Waals surface area contributed by atoms with Gasteiger partial charge in [0, 0.05) is 16.1 Å². The number of thiazole rings is 1. The molecule has 4 aromatic rings. The van der Waals surface area contributed by atoms with E-state index in [-0.39, 0.29) is 5.91 Å². The lowest BCUT2D eigenvalue weighted by molar-refractivity contribution is 0.0987. The third kappa shape index (κ3) is 5.37. The molecule has 174 valence electrons. The Labute approximate surface area is 209 Å². The molecule has 0 aliphatic carbocycles. The second kappa shape index (κ2) is 10.7. The summed E-state index contributed by atoms with van der Waals surface area (Å²) in [5.41, 5.74) is 1.95. The van der Waals surface area contributed by atoms with E-state index in [1.54, 1.807) is 24.4 Å². The highest BCUT2D eigenvalue weighted by Crippen LogP contribution is 2.33. The molecule has 0 aliphatic heterocycles. The van der Waals surface area contributed by atoms with Gasteiger partial charge in [0.05, 0.1) is 37.3 Å². The summed E-state index contributed by atoms with van der Waals surface area (Å²) in [5, 5.41) is 6.26. The minimum absolute atomic E-state index is 0.362. The van der Waals surface area contributed by atoms with E-state index < -0.39 is 0 Å². The van der Waals surface area contributed by atoms with Gasteiger partial charge in [-0.15, -0.1) is 0 Å². The van der Waals surface area contributed by atoms with Crippen LogP contribution < -0.4 is 19.2 Å². The lowest BCUT2D eigenvalue weighted by atomic mass is 10.2. The maximum atomic E-state index is 13.6. The molecule has 1 heterocycles. The monoisotopic (exact) mass is 539 g/mol. The number of amides is 1. The van der Waals surface area contributed by atoms with E-state index in [0.29, 0.717) is 28.8 Å². The largest absolute Gasteiger partial charge is 0.497 e. The molecule has 0 aliphatic rings. The molecule has 0 spiro atoms. The van der Waals surface area contributed by atoms with Gasteiger partial charge in [0.1, 0.15) is 17.2 Å². The SMILES string of the molecule is CCOc1ccc(/C=N/N(C(=O)c2cc(OC)cc(OC)c2)c2nc3ccc(Br)cc3s2)cc1. The Hall–Kier alpha value is -3.43. The Morgan fingerprint density at radius 1 is 1.03 bits per heavy atom. The highest BCUT2D eigenvalue weighted by Gasteiger charge is 2.22. The number of benzene rings is 3. The smallest absolute Gasteiger partial charge is 0.281 e. The predicted octanol–water partition coefficient (Wildman–Crippen LogP) is 6.16. The van der Waals surface area contributed by atoms with Crippen LogP contribution in [-0.2, 0) is 0 Å². The molecular weight excluding hydrogens is 518 g/mol. The number of rotatable bonds is 8. The Bertz CT molecular complexity index is 1320. The fraction of sp³-hybridized carbons (Fsp3) is 0.160. The normalized spacial score (nSPS) is 11.1. The number of fused-ring (bicyclic) bond motifs is 1. The Kier molecular flexibility index (Phi) is 7.44. The summed E-state index contributed by atoms with van der Waals surface area (Å²) in [4.78, 5) is 18.3. The summed E-state index contributed by atoms with van der Waals surface area (Å²) in [6.45, 7) is 2.52. The van der Waals surface area contributed by atoms with Crippen molar-refractivity contribution >= 4 is 54.7 Å². The van der Waals surface area contributed by atoms with Gasteiger partial charge < -0.3 is 14.2 Å². The molecule has 0 N–H and O–H groups in total. The molecule has 0 bridgehead atoms. The molecule has 4 rings (SSSR count). The molecule has 0 atom stereocenters. The van der Waals surface area contributed by atoms with Crippen molar-refractivity contribution in [2.75, 3.05) is 25.8 Å². The van der Waals surface area contributed by atoms with Gasteiger partial charge in [-0.1, -0.05) is 27.3 Å². The quantitative estimate of drug-likeness (QED) is 0.198. The van der Waals surface area contributed by atoms with Crippen molar-refractivity contribution in [2.24, 2.45) is 5.10 Å². The predicted molar refractivity (Wildman–Crippen MR) is 139 cm³/mol. The number of hydrogen-bond donors (Lipinski definition) is 0. The fourth-order valence-electron chi connectivity index (χ4n) is 3.16. The molecule has 34 heavy (non-hydrogen) atoms. The van der Waals surface area contributed by atoms with Crippen LogP contribution in [0, 0.1) is 0 Å². The molecule has 0 unspecified atom stereocenters. The summed E-state index contributed by atoms with van der Waals surface area (Å²) < 4.78 is 18.0. The van der Waals surface area contributed by atoms with Crippen molar-refractivity contribution in [1.29, 1.82) is 0 Å². The van der Waals surface area contributed by atoms with Crippen molar-refractivity contribution in [3.8, 4) is 17.2 Å². The number of hydrazone groups is 1. The first-order valence-electron chi connectivity index (χ1n) is 10.4. The molecule has 0 saturated carbocycles. The molecule has 1 amide bonds. The average molecular weight is 540 g/mol. The van der Waals surface area contributed by atoms with Gasteiger partial charge in [0.15, 0.2) is 0 Å². The molecule has 0 saturated heterocycles. The zero-order chi connectivity index (χ0) is 24.1. The number of methoxy groups -OCH3 is 2. The van der Waals surface area contributed by atoms with Crippen LogP contribution in [0.1, 0.15) is 22.8 Å². The number of halogens is 1. The molecular formula is C25H22BrN3O4S. The van der Waals surface area contributed by atoms with Crippen LogP contribution in [0.5, 0.6) is 17.2 Å². The van der Waals surface area contributed by atoms with E-state index in [4.69, 9.17) is 14.2 Å². The number of anilines is 1. The second-order valence-corrected chi connectivity index (χ2v) is 9.00. The van der Waals surface area contributed by atoms with Crippen LogP contribution in [0.25, 0.3) is 10.2 Å². The third-order valence-electron chi connectivity index (χ3n) is 4.82. The Morgan fingerprint density at radius 2 is 1.74 bits per heavy atom. The summed E-state index contributed by atoms with van der Waals surface area (Å²) in [7, 11) is 3.08. The maximum Gasteiger partial charge on any atom is 0.281 e. The van der Waals surface area contributed by atoms with E-state index in [1.165, 1.54) is 30.6 Å². The van der Waals surface area contributed by atoms with Crippen LogP contribution in [0.4, 0.5) is 5.13 Å². The lowest BCUT2D eigenvalue weighted by Crippen LogP contribution is -2.25. The van der Waals surface area contributed by atoms with Gasteiger partial charge in [0.25, 0.3) is 5.91 Å². The third-order valence-corrected chi connectivity index (χ3v) is 6.31. The number of aromatic nitrogens is 1. The number of carbonyl (C=O) groups excluding carboxylic acids is 1. The number of ether oxygens (including phenoxy) is 3. The summed E-state index contributed by atoms with van der Waals surface area (Å²) in [6, 6.07) is 18.2. The van der Waals surface area contributed by atoms with Crippen molar-refractivity contribution in [3.63, 3.8) is 0 Å². The topological polar surface area (TPSA) is 73.2 Å². The minimum atomic E-state index is -0.363. The van der Waals surface area contributed by atoms with Crippen LogP contribution in [-0.4, -0.2) is 37.9 Å². The maximum absolute atomic E-state index is 13.6. The minimum Gasteiger partial charge on any atom is -0.497 e. The summed E-state index contributed by atoms with van der Waals surface area (Å²) in [5.74, 6) is 1.42. The Morgan fingerprint density at radius 3 is 2.38 bits per heavy atom. The second-order valence-electron chi connectivity index (χ2n) is 7.07. The number of nitrogens with zero attached hydrogens (tertiary/aromatic N) is 3. The number of carbonyl (C=O) groups is 1. The highest BCUT2D eigenvalue weighted by molar-refractivity contribution is 9.10. The van der Waals surface area contributed by atoms with Gasteiger partial charge in [-0.2, -0.15) is 10.1 Å². The van der Waals surface area contributed by atoms with Gasteiger partial charge in [-0.25, -0.2) is 4.98 Å². The van der Waals surface area contributed by atoms with Gasteiger partial charge in [0.2, 0.25) is 5.13 Å². The van der Waals surface area contributed by atoms with Gasteiger partial charge in [-0.05, 0) is 67.1 Å². The van der Waals surface area contributed by atoms with Crippen molar-refractivity contribution < 1.29 is 19.0 Å². The first kappa shape index (κ1) is 23.7. The van der Waals surface area contributed by atoms with Crippen LogP contribution >= 0.6 is 27.3 Å². The first-order valence-corrected chi connectivity index (χ1v) is 12.0. The molecule has 0 fully saturated rings. The zero-order valence-electron chi connectivity index (χ0n) is 18.8. The highest BCUT2D eigenvalue weighted by atomic mass is 79.9. The van der Waals surface area contributed by atoms with E-state index in [2.05, 4.69) is 26.0 Å². The van der Waals surface area contributed by atoms with Crippen LogP contribution in [0.2, 0.25) is 0 Å². The van der Waals surface area contributed by atoms with Crippen LogP contribution in [0.3, 0.4) is 0 Å². The van der Waals surface area contributed by atoms with Gasteiger partial charge >= 0.3 is 0 Å². The van der Waals surface area contributed by atoms with Crippen molar-refractivity contribution in [1.82, 2.24) is 4.98 Å². The standard InChI is InChI=1S/C25H22BrN3O4S/c1-4-33-19-8-5-16(6-9-19)15-27-29(25-28-22-10-7-18(26)13-23(22)34-25)24(30)17-11-20(31-2)14-21(12-17)32-3/h5-15H,4H2,1-3H3/b27-15+. The summed E-state index contributed by atoms with van der Waals surface area (Å²) in [6.07, 6.45) is 1.62. The molecule has 3 aromatic carbocycles. The first-order chi connectivity index (χ1) is 16.5. The molecule has 7 nitrogen and oxygen atoms in total. The Balaban J connectivity index is 1.74. The summed E-state index contributed by atoms with van der Waals surface area (Å²) >= 11 is 4.86. The van der Waals surface area contributed by atoms with E-state index in [1.807, 2.05) is 49.4 Å². The van der Waals surface area contributed by atoms with E-state index in [9.17, 15) is 4.79 Å². The van der Waals surface area contributed by atoms with Crippen molar-refractivity contribution in [2.45, 2.75) is 6.92 Å². The van der Waals surface area contributed by atoms with E-state index >= 15 is 0 Å². The van der Waals surface area contributed by atoms with Crippen molar-refractivity contribution in [3.05, 3.63) is 76.3 Å². The zero-order valence-corrected chi connectivity index (χ0v) is 21.2. The van der Waals surface area contributed by atoms with E-state index in [0.717, 1.165) is 26.0 Å². The molecule has 1 aromatic heterocycles. The van der Waals surface area contributed by atoms with Crippen LogP contribution in [0.15, 0.2) is 70.2 Å². The molecule has 0 radical (unpaired) electrons. The lowest BCUT2D eigenvalue weighted by Gasteiger charge is -2.15. The van der Waals surface area contributed by atoms with Gasteiger partial charge in [-0.3, -0.25) is 4.79 Å². The average Bonchev–Trinajstić information content (AvgIpc) is 3.27. The molecule has 9 heteroatoms.